The first kappa shape index (κ1) is 11.6. The highest BCUT2D eigenvalue weighted by Crippen LogP contribution is 2.27. The van der Waals surface area contributed by atoms with Crippen LogP contribution in [-0.4, -0.2) is 4.98 Å². The van der Waals surface area contributed by atoms with Gasteiger partial charge in [0.25, 0.3) is 0 Å². The van der Waals surface area contributed by atoms with Gasteiger partial charge in [0.2, 0.25) is 0 Å². The highest BCUT2D eigenvalue weighted by molar-refractivity contribution is 5.88. The summed E-state index contributed by atoms with van der Waals surface area (Å²) in [5.41, 5.74) is 2.24. The van der Waals surface area contributed by atoms with E-state index in [0.717, 1.165) is 17.7 Å². The summed E-state index contributed by atoms with van der Waals surface area (Å²) in [5.74, 6) is 0.455. The largest absolute Gasteiger partial charge is 0.260 e. The maximum absolute atomic E-state index is 8.84. The van der Waals surface area contributed by atoms with E-state index in [9.17, 15) is 0 Å². The summed E-state index contributed by atoms with van der Waals surface area (Å²) in [5, 5.41) is 11.2. The maximum atomic E-state index is 8.84. The van der Waals surface area contributed by atoms with Crippen molar-refractivity contribution in [3.05, 3.63) is 41.7 Å². The summed E-state index contributed by atoms with van der Waals surface area (Å²) in [6, 6.07) is 10.4. The normalized spacial score (nSPS) is 12.3. The van der Waals surface area contributed by atoms with Crippen LogP contribution in [0.15, 0.2) is 30.5 Å². The van der Waals surface area contributed by atoms with Crippen LogP contribution in [0, 0.1) is 11.3 Å². The number of pyridine rings is 1. The van der Waals surface area contributed by atoms with Gasteiger partial charge in [-0.15, -0.1) is 0 Å². The Bertz CT molecular complexity index is 567. The fourth-order valence-corrected chi connectivity index (χ4v) is 2.12. The van der Waals surface area contributed by atoms with E-state index in [-0.39, 0.29) is 0 Å². The molecule has 0 radical (unpaired) electrons. The molecule has 0 fully saturated rings. The monoisotopic (exact) mass is 224 g/mol. The Hall–Kier alpha value is -1.88. The highest BCUT2D eigenvalue weighted by atomic mass is 14.7. The summed E-state index contributed by atoms with van der Waals surface area (Å²) in [4.78, 5) is 4.50. The van der Waals surface area contributed by atoms with Gasteiger partial charge in [-0.05, 0) is 29.4 Å². The van der Waals surface area contributed by atoms with Crippen LogP contribution in [0.4, 0.5) is 0 Å². The summed E-state index contributed by atoms with van der Waals surface area (Å²) in [7, 11) is 0. The molecule has 2 nitrogen and oxygen atoms in total. The van der Waals surface area contributed by atoms with Gasteiger partial charge in [-0.1, -0.05) is 32.0 Å². The van der Waals surface area contributed by atoms with E-state index < -0.39 is 0 Å². The Morgan fingerprint density at radius 1 is 1.29 bits per heavy atom. The Morgan fingerprint density at radius 2 is 2.12 bits per heavy atom. The van der Waals surface area contributed by atoms with Gasteiger partial charge in [0.1, 0.15) is 0 Å². The van der Waals surface area contributed by atoms with Crippen molar-refractivity contribution < 1.29 is 0 Å². The average Bonchev–Trinajstić information content (AvgIpc) is 2.38. The standard InChI is InChI=1S/C15H16N2/c1-3-11(2)15-14-6-4-5-12(7-9-16)13(14)8-10-17-15/h4-6,8,10-11H,3,7H2,1-2H3. The van der Waals surface area contributed by atoms with Crippen LogP contribution in [0.25, 0.3) is 10.8 Å². The fourth-order valence-electron chi connectivity index (χ4n) is 2.12. The van der Waals surface area contributed by atoms with Gasteiger partial charge in [-0.2, -0.15) is 5.26 Å². The minimum Gasteiger partial charge on any atom is -0.260 e. The minimum absolute atomic E-state index is 0.455. The van der Waals surface area contributed by atoms with Crippen molar-refractivity contribution in [2.24, 2.45) is 0 Å². The lowest BCUT2D eigenvalue weighted by Gasteiger charge is -2.12. The Kier molecular flexibility index (Phi) is 3.39. The zero-order valence-electron chi connectivity index (χ0n) is 10.3. The number of rotatable bonds is 3. The lowest BCUT2D eigenvalue weighted by atomic mass is 9.96. The van der Waals surface area contributed by atoms with E-state index in [0.29, 0.717) is 12.3 Å². The molecule has 0 aliphatic carbocycles. The van der Waals surface area contributed by atoms with Gasteiger partial charge < -0.3 is 0 Å². The molecule has 2 rings (SSSR count). The number of nitrogens with zero attached hydrogens (tertiary/aromatic N) is 2. The van der Waals surface area contributed by atoms with E-state index in [1.165, 1.54) is 10.8 Å². The van der Waals surface area contributed by atoms with Crippen LogP contribution in [0.2, 0.25) is 0 Å². The van der Waals surface area contributed by atoms with Crippen LogP contribution in [-0.2, 0) is 6.42 Å². The van der Waals surface area contributed by atoms with E-state index in [4.69, 9.17) is 5.26 Å². The molecular formula is C15H16N2. The lowest BCUT2D eigenvalue weighted by molar-refractivity contribution is 0.715. The zero-order valence-corrected chi connectivity index (χ0v) is 10.3. The maximum Gasteiger partial charge on any atom is 0.0669 e. The van der Waals surface area contributed by atoms with Gasteiger partial charge in [-0.25, -0.2) is 0 Å². The number of hydrogen-bond donors (Lipinski definition) is 0. The molecule has 0 aliphatic rings. The predicted molar refractivity (Wildman–Crippen MR) is 69.8 cm³/mol. The highest BCUT2D eigenvalue weighted by Gasteiger charge is 2.10. The molecule has 2 aromatic rings. The van der Waals surface area contributed by atoms with Crippen molar-refractivity contribution in [2.75, 3.05) is 0 Å². The van der Waals surface area contributed by atoms with Crippen molar-refractivity contribution >= 4 is 10.8 Å². The van der Waals surface area contributed by atoms with Crippen molar-refractivity contribution in [1.29, 1.82) is 5.26 Å². The van der Waals surface area contributed by atoms with E-state index in [1.807, 2.05) is 24.4 Å². The number of hydrogen-bond acceptors (Lipinski definition) is 2. The van der Waals surface area contributed by atoms with Crippen LogP contribution in [0.3, 0.4) is 0 Å². The van der Waals surface area contributed by atoms with Crippen molar-refractivity contribution in [3.63, 3.8) is 0 Å². The number of nitriles is 1. The smallest absolute Gasteiger partial charge is 0.0669 e. The molecule has 0 spiro atoms. The fraction of sp³-hybridized carbons (Fsp3) is 0.333. The molecule has 1 unspecified atom stereocenters. The Labute approximate surface area is 102 Å². The van der Waals surface area contributed by atoms with E-state index >= 15 is 0 Å². The third-order valence-corrected chi connectivity index (χ3v) is 3.28. The van der Waals surface area contributed by atoms with Crippen molar-refractivity contribution in [2.45, 2.75) is 32.6 Å². The molecule has 1 aromatic heterocycles. The molecule has 0 amide bonds. The minimum atomic E-state index is 0.455. The molecule has 0 aliphatic heterocycles. The summed E-state index contributed by atoms with van der Waals surface area (Å²) in [6.45, 7) is 4.36. The second kappa shape index (κ2) is 4.97. The van der Waals surface area contributed by atoms with Crippen molar-refractivity contribution in [1.82, 2.24) is 4.98 Å². The molecule has 0 N–H and O–H groups in total. The third kappa shape index (κ3) is 2.14. The first-order valence-corrected chi connectivity index (χ1v) is 6.01. The quantitative estimate of drug-likeness (QED) is 0.794. The molecule has 86 valence electrons. The van der Waals surface area contributed by atoms with Crippen LogP contribution >= 0.6 is 0 Å². The number of fused-ring (bicyclic) bond motifs is 1. The number of benzene rings is 1. The zero-order chi connectivity index (χ0) is 12.3. The van der Waals surface area contributed by atoms with Gasteiger partial charge >= 0.3 is 0 Å². The molecule has 1 atom stereocenters. The second-order valence-corrected chi connectivity index (χ2v) is 4.35. The molecule has 17 heavy (non-hydrogen) atoms. The Balaban J connectivity index is 2.66. The van der Waals surface area contributed by atoms with Crippen LogP contribution in [0.1, 0.15) is 37.4 Å². The van der Waals surface area contributed by atoms with Crippen LogP contribution in [0.5, 0.6) is 0 Å². The molecule has 2 heteroatoms. The molecule has 1 aromatic carbocycles. The molecule has 0 saturated carbocycles. The van der Waals surface area contributed by atoms with Crippen LogP contribution < -0.4 is 0 Å². The molecule has 0 saturated heterocycles. The average molecular weight is 224 g/mol. The van der Waals surface area contributed by atoms with Gasteiger partial charge in [0.05, 0.1) is 18.2 Å². The van der Waals surface area contributed by atoms with Gasteiger partial charge in [-0.3, -0.25) is 4.98 Å². The first-order chi connectivity index (χ1) is 8.27. The topological polar surface area (TPSA) is 36.7 Å². The second-order valence-electron chi connectivity index (χ2n) is 4.35. The Morgan fingerprint density at radius 3 is 2.82 bits per heavy atom. The van der Waals surface area contributed by atoms with Crippen molar-refractivity contribution in [3.8, 4) is 6.07 Å². The van der Waals surface area contributed by atoms with E-state index in [1.54, 1.807) is 0 Å². The van der Waals surface area contributed by atoms with Gasteiger partial charge in [0, 0.05) is 11.6 Å². The third-order valence-electron chi connectivity index (χ3n) is 3.28. The SMILES string of the molecule is CCC(C)c1nccc2c(CC#N)cccc12. The number of aromatic nitrogens is 1. The predicted octanol–water partition coefficient (Wildman–Crippen LogP) is 3.81. The van der Waals surface area contributed by atoms with Gasteiger partial charge in [0.15, 0.2) is 0 Å². The molecule has 0 bridgehead atoms. The summed E-state index contributed by atoms with van der Waals surface area (Å²) in [6.07, 6.45) is 3.39. The van der Waals surface area contributed by atoms with E-state index in [2.05, 4.69) is 31.0 Å². The summed E-state index contributed by atoms with van der Waals surface area (Å²) >= 11 is 0. The first-order valence-electron chi connectivity index (χ1n) is 6.01. The molecular weight excluding hydrogens is 208 g/mol. The lowest BCUT2D eigenvalue weighted by Crippen LogP contribution is -1.98. The summed E-state index contributed by atoms with van der Waals surface area (Å²) < 4.78 is 0. The molecule has 1 heterocycles.